The molecule has 0 bridgehead atoms. The first-order valence-electron chi connectivity index (χ1n) is 6.08. The van der Waals surface area contributed by atoms with Crippen LogP contribution in [0, 0.1) is 4.91 Å². The van der Waals surface area contributed by atoms with Gasteiger partial charge in [-0.05, 0) is 19.8 Å². The zero-order chi connectivity index (χ0) is 14.2. The number of carbonyl (C=O) groups is 1. The van der Waals surface area contributed by atoms with Crippen LogP contribution in [0.4, 0.5) is 0 Å². The van der Waals surface area contributed by atoms with Crippen molar-refractivity contribution >= 4 is 5.97 Å². The van der Waals surface area contributed by atoms with Crippen molar-refractivity contribution in [3.63, 3.8) is 0 Å². The first-order valence-corrected chi connectivity index (χ1v) is 6.08. The van der Waals surface area contributed by atoms with E-state index in [2.05, 4.69) is 23.7 Å². The van der Waals surface area contributed by atoms with Gasteiger partial charge in [0.1, 0.15) is 6.10 Å². The first-order chi connectivity index (χ1) is 8.58. The lowest BCUT2D eigenvalue weighted by molar-refractivity contribution is -0.131. The maximum Gasteiger partial charge on any atom is 0.328 e. The number of hydrogen-bond acceptors (Lipinski definition) is 4. The number of allylic oxidation sites excluding steroid dienone is 2. The Balaban J connectivity index is 0. The second-order valence-electron chi connectivity index (χ2n) is 3.77. The van der Waals surface area contributed by atoms with E-state index in [0.29, 0.717) is 0 Å². The molecule has 1 unspecified atom stereocenters. The smallest absolute Gasteiger partial charge is 0.328 e. The molecule has 0 radical (unpaired) electrons. The largest absolute Gasteiger partial charge is 0.478 e. The van der Waals surface area contributed by atoms with Crippen molar-refractivity contribution in [3.8, 4) is 0 Å². The van der Waals surface area contributed by atoms with Crippen molar-refractivity contribution in [2.75, 3.05) is 0 Å². The topological polar surface area (TPSA) is 76.0 Å². The maximum absolute atomic E-state index is 9.63. The summed E-state index contributed by atoms with van der Waals surface area (Å²) in [6.45, 7) is 7.32. The van der Waals surface area contributed by atoms with E-state index in [9.17, 15) is 9.70 Å². The molecule has 0 aliphatic heterocycles. The molecule has 0 aromatic rings. The highest BCUT2D eigenvalue weighted by molar-refractivity contribution is 5.79. The Bertz CT molecular complexity index is 251. The van der Waals surface area contributed by atoms with Crippen molar-refractivity contribution in [1.29, 1.82) is 0 Å². The Hall–Kier alpha value is -1.65. The van der Waals surface area contributed by atoms with Crippen molar-refractivity contribution < 1.29 is 14.7 Å². The lowest BCUT2D eigenvalue weighted by Crippen LogP contribution is -2.02. The average molecular weight is 257 g/mol. The van der Waals surface area contributed by atoms with Crippen LogP contribution < -0.4 is 0 Å². The van der Waals surface area contributed by atoms with Gasteiger partial charge >= 0.3 is 5.97 Å². The van der Waals surface area contributed by atoms with E-state index in [0.717, 1.165) is 18.9 Å². The molecule has 0 heterocycles. The molecule has 0 spiro atoms. The van der Waals surface area contributed by atoms with E-state index in [1.165, 1.54) is 31.4 Å². The highest BCUT2D eigenvalue weighted by Crippen LogP contribution is 2.07. The predicted molar refractivity (Wildman–Crippen MR) is 72.1 cm³/mol. The molecule has 5 heteroatoms. The molecule has 0 saturated heterocycles. The van der Waals surface area contributed by atoms with Gasteiger partial charge < -0.3 is 9.94 Å². The van der Waals surface area contributed by atoms with Crippen LogP contribution in [0.1, 0.15) is 46.0 Å². The molecule has 0 aliphatic carbocycles. The fourth-order valence-electron chi connectivity index (χ4n) is 1.14. The maximum atomic E-state index is 9.63. The first kappa shape index (κ1) is 18.7. The van der Waals surface area contributed by atoms with Gasteiger partial charge in [-0.15, -0.1) is 4.91 Å². The van der Waals surface area contributed by atoms with Gasteiger partial charge in [-0.2, -0.15) is 0 Å². The minimum atomic E-state index is -0.945. The molecule has 0 fully saturated rings. The van der Waals surface area contributed by atoms with Crippen LogP contribution in [-0.4, -0.2) is 17.2 Å². The van der Waals surface area contributed by atoms with Gasteiger partial charge in [0.25, 0.3) is 0 Å². The van der Waals surface area contributed by atoms with Gasteiger partial charge in [0, 0.05) is 6.08 Å². The Morgan fingerprint density at radius 1 is 1.44 bits per heavy atom. The normalized spacial score (nSPS) is 11.2. The molecule has 0 aromatic carbocycles. The summed E-state index contributed by atoms with van der Waals surface area (Å²) in [6, 6.07) is 0. The standard InChI is InChI=1S/C8H17NO2.C5H6O2/c1-3-4-5-6-7-8(2)11-9-10;1-2-3-4-5(6)7/h8H,3-7H2,1-2H3;2-4H,1H2,(H,6,7). The number of carboxylic acid groups (broad SMARTS) is 1. The highest BCUT2D eigenvalue weighted by Gasteiger charge is 2.00. The number of aliphatic carboxylic acids is 1. The van der Waals surface area contributed by atoms with Crippen LogP contribution in [0.5, 0.6) is 0 Å². The van der Waals surface area contributed by atoms with Crippen LogP contribution in [0.25, 0.3) is 0 Å². The van der Waals surface area contributed by atoms with E-state index in [1.54, 1.807) is 0 Å². The van der Waals surface area contributed by atoms with Crippen LogP contribution >= 0.6 is 0 Å². The monoisotopic (exact) mass is 257 g/mol. The SMILES string of the molecule is C=CC=CC(=O)O.CCCCCCC(C)ON=O. The van der Waals surface area contributed by atoms with E-state index < -0.39 is 5.97 Å². The van der Waals surface area contributed by atoms with E-state index in [1.807, 2.05) is 6.92 Å². The zero-order valence-electron chi connectivity index (χ0n) is 11.2. The third-order valence-electron chi connectivity index (χ3n) is 2.06. The highest BCUT2D eigenvalue weighted by atomic mass is 16.7. The number of carboxylic acids is 1. The van der Waals surface area contributed by atoms with Crippen molar-refractivity contribution in [2.45, 2.75) is 52.1 Å². The van der Waals surface area contributed by atoms with Crippen LogP contribution in [0.2, 0.25) is 0 Å². The number of rotatable bonds is 9. The Morgan fingerprint density at radius 3 is 2.50 bits per heavy atom. The van der Waals surface area contributed by atoms with Crippen molar-refractivity contribution in [1.82, 2.24) is 0 Å². The van der Waals surface area contributed by atoms with Gasteiger partial charge in [-0.25, -0.2) is 4.79 Å². The van der Waals surface area contributed by atoms with Gasteiger partial charge in [0.15, 0.2) is 5.34 Å². The summed E-state index contributed by atoms with van der Waals surface area (Å²) >= 11 is 0. The Labute approximate surface area is 108 Å². The Kier molecular flexibility index (Phi) is 16.0. The Morgan fingerprint density at radius 2 is 2.11 bits per heavy atom. The summed E-state index contributed by atoms with van der Waals surface area (Å²) in [5.74, 6) is -0.945. The summed E-state index contributed by atoms with van der Waals surface area (Å²) in [4.78, 5) is 23.7. The average Bonchev–Trinajstić information content (AvgIpc) is 2.33. The molecule has 5 nitrogen and oxygen atoms in total. The number of nitrogens with zero attached hydrogens (tertiary/aromatic N) is 1. The predicted octanol–water partition coefficient (Wildman–Crippen LogP) is 3.86. The summed E-state index contributed by atoms with van der Waals surface area (Å²) in [7, 11) is 0. The van der Waals surface area contributed by atoms with Crippen molar-refractivity contribution in [2.24, 2.45) is 5.34 Å². The molecule has 18 heavy (non-hydrogen) atoms. The summed E-state index contributed by atoms with van der Waals surface area (Å²) in [5.41, 5.74) is 0. The van der Waals surface area contributed by atoms with Gasteiger partial charge in [-0.3, -0.25) is 0 Å². The quantitative estimate of drug-likeness (QED) is 0.224. The van der Waals surface area contributed by atoms with Crippen molar-refractivity contribution in [3.05, 3.63) is 29.7 Å². The molecule has 0 saturated carbocycles. The van der Waals surface area contributed by atoms with Gasteiger partial charge in [0.05, 0.1) is 0 Å². The summed E-state index contributed by atoms with van der Waals surface area (Å²) in [5, 5.41) is 10.3. The lowest BCUT2D eigenvalue weighted by atomic mass is 10.1. The molecule has 104 valence electrons. The molecule has 0 amide bonds. The molecular formula is C13H23NO4. The number of unbranched alkanes of at least 4 members (excludes halogenated alkanes) is 3. The molecule has 0 aromatic heterocycles. The lowest BCUT2D eigenvalue weighted by Gasteiger charge is -2.05. The van der Waals surface area contributed by atoms with Gasteiger partial charge in [0.2, 0.25) is 0 Å². The molecule has 0 aliphatic rings. The molecule has 0 rings (SSSR count). The second kappa shape index (κ2) is 15.4. The van der Waals surface area contributed by atoms with E-state index >= 15 is 0 Å². The zero-order valence-corrected chi connectivity index (χ0v) is 11.2. The van der Waals surface area contributed by atoms with Crippen LogP contribution in [-0.2, 0) is 9.63 Å². The van der Waals surface area contributed by atoms with Crippen LogP contribution in [0.3, 0.4) is 0 Å². The van der Waals surface area contributed by atoms with E-state index in [4.69, 9.17) is 5.11 Å². The third kappa shape index (κ3) is 19.9. The molecule has 1 N–H and O–H groups in total. The fraction of sp³-hybridized carbons (Fsp3) is 0.615. The fourth-order valence-corrected chi connectivity index (χ4v) is 1.14. The van der Waals surface area contributed by atoms with Crippen LogP contribution in [0.15, 0.2) is 30.1 Å². The minimum Gasteiger partial charge on any atom is -0.478 e. The minimum absolute atomic E-state index is 0.00986. The third-order valence-corrected chi connectivity index (χ3v) is 2.06. The number of hydrogen-bond donors (Lipinski definition) is 1. The summed E-state index contributed by atoms with van der Waals surface area (Å²) < 4.78 is 0. The molecular weight excluding hydrogens is 234 g/mol. The second-order valence-corrected chi connectivity index (χ2v) is 3.77. The summed E-state index contributed by atoms with van der Waals surface area (Å²) in [6.07, 6.45) is 9.58. The molecule has 1 atom stereocenters. The van der Waals surface area contributed by atoms with Gasteiger partial charge in [-0.1, -0.05) is 44.9 Å². The van der Waals surface area contributed by atoms with E-state index in [-0.39, 0.29) is 6.10 Å².